The molecule has 177 valence electrons. The summed E-state index contributed by atoms with van der Waals surface area (Å²) in [5.41, 5.74) is 8.12. The van der Waals surface area contributed by atoms with E-state index in [1.165, 1.54) is 50.6 Å². The third kappa shape index (κ3) is 3.91. The number of para-hydroxylation sites is 1. The molecule has 0 saturated carbocycles. The molecule has 0 fully saturated rings. The number of carbonyl (C=O) groups is 1. The standard InChI is InChI=1S/C24H15N2.C6H5NO2.Ir/c1-26-21-10-3-2-7-18(21)24-17(8-5-11-22(24)26)20-14-16-13-12-15-6-4-9-19(25-20)23(15)16;8-6(9)5-3-1-2-4-7-5;/h2-7,9-14H,1H3;1-4H,(H,8,9);/q-1;;. The number of benzene rings is 3. The van der Waals surface area contributed by atoms with Crippen molar-refractivity contribution in [3.63, 3.8) is 0 Å². The Morgan fingerprint density at radius 3 is 2.47 bits per heavy atom. The third-order valence-corrected chi connectivity index (χ3v) is 6.35. The van der Waals surface area contributed by atoms with Crippen molar-refractivity contribution in [3.8, 4) is 11.3 Å². The van der Waals surface area contributed by atoms with Gasteiger partial charge in [-0.05, 0) is 52.0 Å². The number of aryl methyl sites for hydroxylation is 1. The Balaban J connectivity index is 0.000000229. The van der Waals surface area contributed by atoms with Gasteiger partial charge in [0.05, 0.1) is 5.52 Å². The fraction of sp³-hybridized carbons (Fsp3) is 0.0333. The average molecular weight is 647 g/mol. The normalized spacial score (nSPS) is 11.4. The van der Waals surface area contributed by atoms with Gasteiger partial charge in [-0.2, -0.15) is 0 Å². The van der Waals surface area contributed by atoms with E-state index in [0.29, 0.717) is 0 Å². The van der Waals surface area contributed by atoms with Crippen molar-refractivity contribution < 1.29 is 30.0 Å². The number of aromatic nitrogens is 3. The summed E-state index contributed by atoms with van der Waals surface area (Å²) in [5, 5.41) is 12.0. The van der Waals surface area contributed by atoms with Crippen molar-refractivity contribution >= 4 is 50.8 Å². The van der Waals surface area contributed by atoms with E-state index < -0.39 is 5.97 Å². The van der Waals surface area contributed by atoms with Crippen LogP contribution in [-0.2, 0) is 27.2 Å². The molecule has 7 rings (SSSR count). The molecule has 0 bridgehead atoms. The summed E-state index contributed by atoms with van der Waals surface area (Å²) in [5.74, 6) is -0.990. The Labute approximate surface area is 221 Å². The zero-order valence-electron chi connectivity index (χ0n) is 19.3. The number of carboxylic acid groups (broad SMARTS) is 1. The zero-order chi connectivity index (χ0) is 23.9. The summed E-state index contributed by atoms with van der Waals surface area (Å²) in [7, 11) is 2.12. The minimum atomic E-state index is -0.990. The van der Waals surface area contributed by atoms with Crippen LogP contribution < -0.4 is 0 Å². The maximum Gasteiger partial charge on any atom is 0.354 e. The predicted octanol–water partition coefficient (Wildman–Crippen LogP) is 6.61. The molecule has 5 nitrogen and oxygen atoms in total. The molecular formula is C30H20IrN3O2-. The van der Waals surface area contributed by atoms with Crippen LogP contribution in [-0.4, -0.2) is 25.6 Å². The quantitative estimate of drug-likeness (QED) is 0.215. The van der Waals surface area contributed by atoms with Gasteiger partial charge in [0.15, 0.2) is 0 Å². The summed E-state index contributed by atoms with van der Waals surface area (Å²) < 4.78 is 2.25. The number of carboxylic acids is 1. The molecule has 0 atom stereocenters. The van der Waals surface area contributed by atoms with Crippen LogP contribution >= 0.6 is 0 Å². The predicted molar refractivity (Wildman–Crippen MR) is 140 cm³/mol. The minimum absolute atomic E-state index is 0. The van der Waals surface area contributed by atoms with Crippen LogP contribution in [0.15, 0.2) is 85.1 Å². The first kappa shape index (κ1) is 23.6. The van der Waals surface area contributed by atoms with Gasteiger partial charge in [0.1, 0.15) is 5.69 Å². The van der Waals surface area contributed by atoms with Crippen LogP contribution in [0, 0.1) is 6.07 Å². The van der Waals surface area contributed by atoms with Crippen LogP contribution in [0.4, 0.5) is 0 Å². The Morgan fingerprint density at radius 1 is 0.889 bits per heavy atom. The molecule has 1 N–H and O–H groups in total. The molecule has 1 aliphatic rings. The van der Waals surface area contributed by atoms with Gasteiger partial charge in [-0.3, -0.25) is 4.98 Å². The largest absolute Gasteiger partial charge is 0.477 e. The van der Waals surface area contributed by atoms with E-state index in [2.05, 4.69) is 89.4 Å². The van der Waals surface area contributed by atoms with E-state index in [1.54, 1.807) is 12.1 Å². The SMILES string of the molecule is Cn1c2ccccc2c2c(-c3cc4c5c(cccc5n3)C=C4)[c-]ccc21.O=C(O)c1ccccn1.[Ir]. The second-order valence-corrected chi connectivity index (χ2v) is 8.38. The van der Waals surface area contributed by atoms with Crippen LogP contribution in [0.3, 0.4) is 0 Å². The number of pyridine rings is 2. The summed E-state index contributed by atoms with van der Waals surface area (Å²) in [6, 6.07) is 29.4. The first-order valence-corrected chi connectivity index (χ1v) is 11.3. The minimum Gasteiger partial charge on any atom is -0.477 e. The van der Waals surface area contributed by atoms with Gasteiger partial charge in [0, 0.05) is 44.3 Å². The monoisotopic (exact) mass is 647 g/mol. The maximum absolute atomic E-state index is 10.1. The summed E-state index contributed by atoms with van der Waals surface area (Å²) in [4.78, 5) is 18.7. The molecular weight excluding hydrogens is 627 g/mol. The van der Waals surface area contributed by atoms with E-state index in [9.17, 15) is 4.79 Å². The molecule has 6 heteroatoms. The van der Waals surface area contributed by atoms with Crippen molar-refractivity contribution in [2.75, 3.05) is 0 Å². The number of nitrogens with zero attached hydrogens (tertiary/aromatic N) is 3. The van der Waals surface area contributed by atoms with E-state index in [1.807, 2.05) is 6.07 Å². The number of fused-ring (bicyclic) bond motifs is 3. The van der Waals surface area contributed by atoms with Crippen LogP contribution in [0.5, 0.6) is 0 Å². The van der Waals surface area contributed by atoms with Gasteiger partial charge in [0.25, 0.3) is 0 Å². The average Bonchev–Trinajstić information content (AvgIpc) is 3.45. The topological polar surface area (TPSA) is 68.0 Å². The Hall–Kier alpha value is -4.12. The fourth-order valence-electron chi connectivity index (χ4n) is 4.76. The van der Waals surface area contributed by atoms with E-state index >= 15 is 0 Å². The van der Waals surface area contributed by atoms with Gasteiger partial charge in [-0.25, -0.2) is 9.78 Å². The summed E-state index contributed by atoms with van der Waals surface area (Å²) in [6.07, 6.45) is 5.81. The zero-order valence-corrected chi connectivity index (χ0v) is 21.7. The van der Waals surface area contributed by atoms with Crippen molar-refractivity contribution in [1.82, 2.24) is 14.5 Å². The van der Waals surface area contributed by atoms with Gasteiger partial charge in [0.2, 0.25) is 0 Å². The fourth-order valence-corrected chi connectivity index (χ4v) is 4.76. The van der Waals surface area contributed by atoms with Gasteiger partial charge in [-0.1, -0.05) is 60.0 Å². The van der Waals surface area contributed by atoms with Crippen LogP contribution in [0.1, 0.15) is 21.6 Å². The molecule has 3 aromatic heterocycles. The van der Waals surface area contributed by atoms with E-state index in [4.69, 9.17) is 10.1 Å². The molecule has 0 unspecified atom stereocenters. The maximum atomic E-state index is 10.1. The molecule has 1 radical (unpaired) electrons. The summed E-state index contributed by atoms with van der Waals surface area (Å²) >= 11 is 0. The second kappa shape index (κ2) is 9.50. The molecule has 3 heterocycles. The number of aromatic carboxylic acids is 1. The number of rotatable bonds is 2. The van der Waals surface area contributed by atoms with Crippen molar-refractivity contribution in [3.05, 3.63) is 108 Å². The van der Waals surface area contributed by atoms with E-state index in [-0.39, 0.29) is 25.8 Å². The van der Waals surface area contributed by atoms with Crippen LogP contribution in [0.25, 0.3) is 56.1 Å². The molecule has 36 heavy (non-hydrogen) atoms. The molecule has 3 aromatic carbocycles. The van der Waals surface area contributed by atoms with Crippen LogP contribution in [0.2, 0.25) is 0 Å². The van der Waals surface area contributed by atoms with Crippen molar-refractivity contribution in [2.24, 2.45) is 7.05 Å². The Morgan fingerprint density at radius 2 is 1.69 bits per heavy atom. The Kier molecular flexibility index (Phi) is 6.23. The van der Waals surface area contributed by atoms with E-state index in [0.717, 1.165) is 16.8 Å². The molecule has 0 amide bonds. The van der Waals surface area contributed by atoms with Gasteiger partial charge >= 0.3 is 5.97 Å². The number of hydrogen-bond donors (Lipinski definition) is 1. The Bertz CT molecular complexity index is 1790. The molecule has 0 saturated heterocycles. The van der Waals surface area contributed by atoms with Crippen molar-refractivity contribution in [1.29, 1.82) is 0 Å². The molecule has 6 aromatic rings. The van der Waals surface area contributed by atoms with Gasteiger partial charge < -0.3 is 9.67 Å². The smallest absolute Gasteiger partial charge is 0.354 e. The molecule has 0 spiro atoms. The van der Waals surface area contributed by atoms with Crippen molar-refractivity contribution in [2.45, 2.75) is 0 Å². The third-order valence-electron chi connectivity index (χ3n) is 6.35. The second-order valence-electron chi connectivity index (χ2n) is 8.38. The first-order valence-electron chi connectivity index (χ1n) is 11.3. The molecule has 0 aliphatic heterocycles. The molecule has 1 aliphatic carbocycles. The van der Waals surface area contributed by atoms with Gasteiger partial charge in [-0.15, -0.1) is 23.8 Å². The number of hydrogen-bond acceptors (Lipinski definition) is 3. The summed E-state index contributed by atoms with van der Waals surface area (Å²) in [6.45, 7) is 0. The first-order chi connectivity index (χ1) is 17.1.